The van der Waals surface area contributed by atoms with Crippen LogP contribution in [0.15, 0.2) is 36.7 Å². The van der Waals surface area contributed by atoms with Crippen LogP contribution in [0.4, 0.5) is 5.69 Å². The SMILES string of the molecule is CNC(=O)C(=O)Nc1ccc(C(=O)c2nccn2C)cc1. The number of nitrogens with one attached hydrogen (secondary N) is 2. The van der Waals surface area contributed by atoms with Gasteiger partial charge in [0.2, 0.25) is 5.78 Å². The van der Waals surface area contributed by atoms with Crippen molar-refractivity contribution in [1.29, 1.82) is 0 Å². The number of anilines is 1. The Hall–Kier alpha value is -2.96. The highest BCUT2D eigenvalue weighted by Gasteiger charge is 2.14. The summed E-state index contributed by atoms with van der Waals surface area (Å²) in [7, 11) is 3.11. The Bertz CT molecular complexity index is 688. The first-order valence-corrected chi connectivity index (χ1v) is 6.18. The minimum Gasteiger partial charge on any atom is -0.351 e. The Morgan fingerprint density at radius 2 is 1.76 bits per heavy atom. The molecule has 0 radical (unpaired) electrons. The van der Waals surface area contributed by atoms with E-state index in [1.807, 2.05) is 0 Å². The van der Waals surface area contributed by atoms with E-state index in [1.165, 1.54) is 7.05 Å². The van der Waals surface area contributed by atoms with Crippen LogP contribution < -0.4 is 10.6 Å². The highest BCUT2D eigenvalue weighted by atomic mass is 16.2. The van der Waals surface area contributed by atoms with Crippen molar-refractivity contribution in [2.75, 3.05) is 12.4 Å². The lowest BCUT2D eigenvalue weighted by Gasteiger charge is -2.05. The van der Waals surface area contributed by atoms with Gasteiger partial charge in [-0.25, -0.2) is 4.98 Å². The lowest BCUT2D eigenvalue weighted by molar-refractivity contribution is -0.135. The van der Waals surface area contributed by atoms with Gasteiger partial charge in [-0.2, -0.15) is 0 Å². The smallest absolute Gasteiger partial charge is 0.313 e. The third-order valence-corrected chi connectivity index (χ3v) is 2.86. The summed E-state index contributed by atoms with van der Waals surface area (Å²) in [4.78, 5) is 38.7. The van der Waals surface area contributed by atoms with E-state index in [2.05, 4.69) is 15.6 Å². The van der Waals surface area contributed by atoms with Gasteiger partial charge < -0.3 is 15.2 Å². The molecular weight excluding hydrogens is 272 g/mol. The van der Waals surface area contributed by atoms with E-state index in [0.29, 0.717) is 17.1 Å². The fraction of sp³-hybridized carbons (Fsp3) is 0.143. The van der Waals surface area contributed by atoms with Gasteiger partial charge in [0.05, 0.1) is 0 Å². The van der Waals surface area contributed by atoms with Crippen molar-refractivity contribution in [3.8, 4) is 0 Å². The molecule has 7 nitrogen and oxygen atoms in total. The largest absolute Gasteiger partial charge is 0.351 e. The Kier molecular flexibility index (Phi) is 4.13. The van der Waals surface area contributed by atoms with Crippen LogP contribution in [0.3, 0.4) is 0 Å². The molecule has 1 aromatic heterocycles. The zero-order chi connectivity index (χ0) is 15.4. The van der Waals surface area contributed by atoms with Crippen molar-refractivity contribution >= 4 is 23.3 Å². The molecular formula is C14H14N4O3. The van der Waals surface area contributed by atoms with E-state index < -0.39 is 11.8 Å². The van der Waals surface area contributed by atoms with Crippen molar-refractivity contribution < 1.29 is 14.4 Å². The second-order valence-corrected chi connectivity index (χ2v) is 4.30. The van der Waals surface area contributed by atoms with Crippen molar-refractivity contribution in [3.63, 3.8) is 0 Å². The number of ketones is 1. The predicted octanol–water partition coefficient (Wildman–Crippen LogP) is 0.336. The van der Waals surface area contributed by atoms with E-state index in [0.717, 1.165) is 0 Å². The zero-order valence-corrected chi connectivity index (χ0v) is 11.6. The summed E-state index contributed by atoms with van der Waals surface area (Å²) in [5.74, 6) is -1.38. The molecule has 2 N–H and O–H groups in total. The van der Waals surface area contributed by atoms with Crippen LogP contribution in [-0.2, 0) is 16.6 Å². The number of carbonyl (C=O) groups is 3. The maximum atomic E-state index is 12.2. The molecule has 0 bridgehead atoms. The number of hydrogen-bond acceptors (Lipinski definition) is 4. The number of rotatable bonds is 3. The van der Waals surface area contributed by atoms with Crippen molar-refractivity contribution in [3.05, 3.63) is 48.0 Å². The molecule has 0 atom stereocenters. The minimum atomic E-state index is -0.763. The Morgan fingerprint density at radius 1 is 1.10 bits per heavy atom. The standard InChI is InChI=1S/C14H14N4O3/c1-15-13(20)14(21)17-10-5-3-9(4-6-10)11(19)12-16-7-8-18(12)2/h3-8H,1-2H3,(H,15,20)(H,17,21). The predicted molar refractivity (Wildman–Crippen MR) is 75.8 cm³/mol. The Labute approximate surface area is 121 Å². The molecule has 7 heteroatoms. The summed E-state index contributed by atoms with van der Waals surface area (Å²) in [5, 5.41) is 4.65. The van der Waals surface area contributed by atoms with Crippen LogP contribution in [0.2, 0.25) is 0 Å². The average molecular weight is 286 g/mol. The highest BCUT2D eigenvalue weighted by Crippen LogP contribution is 2.12. The van der Waals surface area contributed by atoms with Crippen LogP contribution in [0.25, 0.3) is 0 Å². The number of likely N-dealkylation sites (N-methyl/N-ethyl adjacent to an activating group) is 1. The summed E-state index contributed by atoms with van der Waals surface area (Å²) in [6.07, 6.45) is 3.23. The Morgan fingerprint density at radius 3 is 2.29 bits per heavy atom. The first-order chi connectivity index (χ1) is 10.0. The molecule has 0 fully saturated rings. The molecule has 2 rings (SSSR count). The molecule has 21 heavy (non-hydrogen) atoms. The lowest BCUT2D eigenvalue weighted by Crippen LogP contribution is -2.32. The monoisotopic (exact) mass is 286 g/mol. The quantitative estimate of drug-likeness (QED) is 0.628. The number of aromatic nitrogens is 2. The molecule has 0 spiro atoms. The minimum absolute atomic E-state index is 0.216. The summed E-state index contributed by atoms with van der Waals surface area (Å²) in [5.41, 5.74) is 0.877. The van der Waals surface area contributed by atoms with Gasteiger partial charge in [-0.1, -0.05) is 0 Å². The third-order valence-electron chi connectivity index (χ3n) is 2.86. The topological polar surface area (TPSA) is 93.1 Å². The highest BCUT2D eigenvalue weighted by molar-refractivity contribution is 6.39. The van der Waals surface area contributed by atoms with Gasteiger partial charge in [-0.3, -0.25) is 14.4 Å². The fourth-order valence-electron chi connectivity index (χ4n) is 1.72. The molecule has 1 aromatic carbocycles. The van der Waals surface area contributed by atoms with E-state index >= 15 is 0 Å². The lowest BCUT2D eigenvalue weighted by atomic mass is 10.1. The van der Waals surface area contributed by atoms with Gasteiger partial charge >= 0.3 is 11.8 Å². The molecule has 2 aromatic rings. The number of carbonyl (C=O) groups excluding carboxylic acids is 3. The van der Waals surface area contributed by atoms with Gasteiger partial charge in [-0.15, -0.1) is 0 Å². The molecule has 2 amide bonds. The van der Waals surface area contributed by atoms with Crippen LogP contribution in [0.1, 0.15) is 16.2 Å². The van der Waals surface area contributed by atoms with Gasteiger partial charge in [0.1, 0.15) is 0 Å². The van der Waals surface area contributed by atoms with Crippen LogP contribution >= 0.6 is 0 Å². The Balaban J connectivity index is 2.12. The summed E-state index contributed by atoms with van der Waals surface area (Å²) in [6, 6.07) is 6.24. The molecule has 1 heterocycles. The van der Waals surface area contributed by atoms with Crippen LogP contribution in [0, 0.1) is 0 Å². The number of imidazole rings is 1. The van der Waals surface area contributed by atoms with E-state index in [-0.39, 0.29) is 5.78 Å². The van der Waals surface area contributed by atoms with E-state index in [9.17, 15) is 14.4 Å². The third kappa shape index (κ3) is 3.14. The van der Waals surface area contributed by atoms with Crippen molar-refractivity contribution in [2.24, 2.45) is 7.05 Å². The van der Waals surface area contributed by atoms with E-state index in [1.54, 1.807) is 48.3 Å². The fourth-order valence-corrected chi connectivity index (χ4v) is 1.72. The number of amides is 2. The second-order valence-electron chi connectivity index (χ2n) is 4.30. The van der Waals surface area contributed by atoms with Gasteiger partial charge in [0.15, 0.2) is 5.82 Å². The molecule has 0 aliphatic carbocycles. The molecule has 0 aliphatic rings. The number of hydrogen-bond donors (Lipinski definition) is 2. The summed E-state index contributed by atoms with van der Waals surface area (Å²) in [6.45, 7) is 0. The van der Waals surface area contributed by atoms with Crippen molar-refractivity contribution in [2.45, 2.75) is 0 Å². The number of benzene rings is 1. The molecule has 0 aliphatic heterocycles. The maximum Gasteiger partial charge on any atom is 0.313 e. The first-order valence-electron chi connectivity index (χ1n) is 6.18. The van der Waals surface area contributed by atoms with Gasteiger partial charge in [0.25, 0.3) is 0 Å². The molecule has 0 saturated carbocycles. The second kappa shape index (κ2) is 6.00. The molecule has 0 saturated heterocycles. The van der Waals surface area contributed by atoms with Crippen LogP contribution in [0.5, 0.6) is 0 Å². The van der Waals surface area contributed by atoms with Crippen LogP contribution in [-0.4, -0.2) is 34.2 Å². The molecule has 0 unspecified atom stereocenters. The van der Waals surface area contributed by atoms with E-state index in [4.69, 9.17) is 0 Å². The molecule has 108 valence electrons. The average Bonchev–Trinajstić information content (AvgIpc) is 2.92. The first kappa shape index (κ1) is 14.4. The number of aryl methyl sites for hydroxylation is 1. The van der Waals surface area contributed by atoms with Gasteiger partial charge in [-0.05, 0) is 24.3 Å². The summed E-state index contributed by atoms with van der Waals surface area (Å²) < 4.78 is 1.63. The zero-order valence-electron chi connectivity index (χ0n) is 11.6. The number of nitrogens with zero attached hydrogens (tertiary/aromatic N) is 2. The van der Waals surface area contributed by atoms with Crippen molar-refractivity contribution in [1.82, 2.24) is 14.9 Å². The normalized spacial score (nSPS) is 10.0. The maximum absolute atomic E-state index is 12.2. The van der Waals surface area contributed by atoms with Gasteiger partial charge in [0, 0.05) is 37.7 Å². The summed E-state index contributed by atoms with van der Waals surface area (Å²) >= 11 is 0.